The summed E-state index contributed by atoms with van der Waals surface area (Å²) in [5.74, 6) is 0. The van der Waals surface area contributed by atoms with Crippen molar-refractivity contribution in [2.75, 3.05) is 0 Å². The van der Waals surface area contributed by atoms with Crippen molar-refractivity contribution in [1.82, 2.24) is 0 Å². The first kappa shape index (κ1) is 13.7. The van der Waals surface area contributed by atoms with Gasteiger partial charge in [-0.25, -0.2) is 0 Å². The third-order valence-corrected chi connectivity index (χ3v) is 5.11. The molecule has 0 bridgehead atoms. The Morgan fingerprint density at radius 2 is 1.94 bits per heavy atom. The molecule has 1 aliphatic carbocycles. The summed E-state index contributed by atoms with van der Waals surface area (Å²) in [4.78, 5) is 0. The van der Waals surface area contributed by atoms with Gasteiger partial charge in [-0.15, -0.1) is 0 Å². The van der Waals surface area contributed by atoms with E-state index in [2.05, 4.69) is 44.2 Å². The van der Waals surface area contributed by atoms with Crippen molar-refractivity contribution in [1.29, 1.82) is 0 Å². The van der Waals surface area contributed by atoms with Gasteiger partial charge >= 0.3 is 0 Å². The third kappa shape index (κ3) is 2.66. The molecule has 18 heavy (non-hydrogen) atoms. The molecule has 1 aromatic rings. The summed E-state index contributed by atoms with van der Waals surface area (Å²) in [5.41, 5.74) is 2.13. The Morgan fingerprint density at radius 1 is 1.22 bits per heavy atom. The van der Waals surface area contributed by atoms with Crippen molar-refractivity contribution in [3.8, 4) is 0 Å². The van der Waals surface area contributed by atoms with Crippen molar-refractivity contribution >= 4 is 17.6 Å². The molecular weight excluding hydrogens is 236 g/mol. The van der Waals surface area contributed by atoms with E-state index >= 15 is 0 Å². The van der Waals surface area contributed by atoms with Crippen LogP contribution >= 0.6 is 12.2 Å². The summed E-state index contributed by atoms with van der Waals surface area (Å²) in [5, 5.41) is 2.03. The van der Waals surface area contributed by atoms with Gasteiger partial charge in [-0.05, 0) is 47.4 Å². The monoisotopic (exact) mass is 260 g/mol. The van der Waals surface area contributed by atoms with Crippen LogP contribution < -0.4 is 0 Å². The number of rotatable bonds is 4. The highest BCUT2D eigenvalue weighted by Gasteiger charge is 2.41. The van der Waals surface area contributed by atoms with Crippen LogP contribution in [0.25, 0.3) is 0 Å². The van der Waals surface area contributed by atoms with E-state index in [1.165, 1.54) is 44.1 Å². The van der Waals surface area contributed by atoms with Crippen LogP contribution in [0.15, 0.2) is 30.3 Å². The average Bonchev–Trinajstić information content (AvgIpc) is 2.40. The summed E-state index contributed by atoms with van der Waals surface area (Å²) in [7, 11) is 0. The number of hydrogen-bond acceptors (Lipinski definition) is 1. The Labute approximate surface area is 117 Å². The molecule has 98 valence electrons. The van der Waals surface area contributed by atoms with Gasteiger partial charge in [-0.1, -0.05) is 69.2 Å². The Hall–Kier alpha value is -0.690. The molecule has 2 atom stereocenters. The summed E-state index contributed by atoms with van der Waals surface area (Å²) in [6.07, 6.45) is 7.65. The molecule has 0 spiro atoms. The molecule has 0 amide bonds. The number of thiocarbonyl (C=S) groups is 1. The second kappa shape index (κ2) is 5.52. The van der Waals surface area contributed by atoms with Crippen LogP contribution in [0.2, 0.25) is 0 Å². The summed E-state index contributed by atoms with van der Waals surface area (Å²) < 4.78 is 0. The molecule has 0 radical (unpaired) electrons. The van der Waals surface area contributed by atoms with Crippen molar-refractivity contribution in [2.45, 2.75) is 57.8 Å². The largest absolute Gasteiger partial charge is 0.0929 e. The van der Waals surface area contributed by atoms with E-state index in [1.807, 2.05) is 5.37 Å². The van der Waals surface area contributed by atoms with Crippen LogP contribution in [0.3, 0.4) is 0 Å². The van der Waals surface area contributed by atoms with Crippen molar-refractivity contribution in [3.05, 3.63) is 35.9 Å². The molecule has 0 N–H and O–H groups in total. The van der Waals surface area contributed by atoms with Crippen molar-refractivity contribution < 1.29 is 0 Å². The fourth-order valence-corrected chi connectivity index (χ4v) is 3.96. The first-order valence-electron chi connectivity index (χ1n) is 7.16. The predicted molar refractivity (Wildman–Crippen MR) is 83.3 cm³/mol. The molecular formula is C17H24S. The lowest BCUT2D eigenvalue weighted by molar-refractivity contribution is 0.183. The van der Waals surface area contributed by atoms with E-state index in [0.29, 0.717) is 5.41 Å². The van der Waals surface area contributed by atoms with Gasteiger partial charge < -0.3 is 0 Å². The zero-order chi connectivity index (χ0) is 13.1. The van der Waals surface area contributed by atoms with Crippen LogP contribution in [0.5, 0.6) is 0 Å². The van der Waals surface area contributed by atoms with Gasteiger partial charge in [0, 0.05) is 0 Å². The summed E-state index contributed by atoms with van der Waals surface area (Å²) in [6.45, 7) is 4.64. The first-order chi connectivity index (χ1) is 8.64. The van der Waals surface area contributed by atoms with Gasteiger partial charge in [0.15, 0.2) is 0 Å². The second-order valence-corrected chi connectivity index (χ2v) is 6.43. The molecule has 1 heteroatoms. The van der Waals surface area contributed by atoms with E-state index in [0.717, 1.165) is 0 Å². The molecule has 1 aliphatic rings. The van der Waals surface area contributed by atoms with Gasteiger partial charge in [0.05, 0.1) is 0 Å². The quantitative estimate of drug-likeness (QED) is 0.662. The minimum absolute atomic E-state index is 0.249. The average molecular weight is 260 g/mol. The summed E-state index contributed by atoms with van der Waals surface area (Å²) in [6, 6.07) is 11.1. The smallest absolute Gasteiger partial charge is 0.00334 e. The minimum atomic E-state index is 0.249. The molecule has 0 saturated heterocycles. The molecule has 1 aromatic carbocycles. The molecule has 1 saturated carbocycles. The molecule has 2 rings (SSSR count). The van der Waals surface area contributed by atoms with E-state index < -0.39 is 0 Å². The fraction of sp³-hybridized carbons (Fsp3) is 0.588. The number of hydrogen-bond donors (Lipinski definition) is 0. The highest BCUT2D eigenvalue weighted by Crippen LogP contribution is 2.49. The van der Waals surface area contributed by atoms with E-state index in [1.54, 1.807) is 0 Å². The minimum Gasteiger partial charge on any atom is -0.0929 e. The van der Waals surface area contributed by atoms with Gasteiger partial charge in [-0.3, -0.25) is 0 Å². The Balaban J connectivity index is 2.35. The van der Waals surface area contributed by atoms with Crippen molar-refractivity contribution in [2.24, 2.45) is 5.41 Å². The topological polar surface area (TPSA) is 0 Å². The highest BCUT2D eigenvalue weighted by atomic mass is 32.1. The van der Waals surface area contributed by atoms with Crippen LogP contribution in [-0.2, 0) is 5.41 Å². The lowest BCUT2D eigenvalue weighted by Gasteiger charge is -2.45. The molecule has 1 fully saturated rings. The Morgan fingerprint density at radius 3 is 2.56 bits per heavy atom. The zero-order valence-corrected chi connectivity index (χ0v) is 12.4. The van der Waals surface area contributed by atoms with Gasteiger partial charge in [-0.2, -0.15) is 0 Å². The van der Waals surface area contributed by atoms with E-state index in [4.69, 9.17) is 12.2 Å². The fourth-order valence-electron chi connectivity index (χ4n) is 3.76. The highest BCUT2D eigenvalue weighted by molar-refractivity contribution is 7.79. The Bertz CT molecular complexity index is 393. The molecule has 0 nitrogen and oxygen atoms in total. The summed E-state index contributed by atoms with van der Waals surface area (Å²) >= 11 is 5.30. The molecule has 0 aromatic heterocycles. The molecule has 0 aliphatic heterocycles. The van der Waals surface area contributed by atoms with Gasteiger partial charge in [0.1, 0.15) is 0 Å². The van der Waals surface area contributed by atoms with Crippen LogP contribution in [-0.4, -0.2) is 5.37 Å². The van der Waals surface area contributed by atoms with Crippen LogP contribution in [0.1, 0.15) is 57.9 Å². The zero-order valence-electron chi connectivity index (χ0n) is 11.6. The van der Waals surface area contributed by atoms with E-state index in [9.17, 15) is 0 Å². The van der Waals surface area contributed by atoms with Crippen LogP contribution in [0, 0.1) is 5.41 Å². The lowest BCUT2D eigenvalue weighted by Crippen LogP contribution is -2.38. The van der Waals surface area contributed by atoms with E-state index in [-0.39, 0.29) is 5.41 Å². The number of benzene rings is 1. The molecule has 0 heterocycles. The maximum absolute atomic E-state index is 5.30. The second-order valence-electron chi connectivity index (χ2n) is 6.20. The standard InChI is InChI=1S/C17H24S/c1-3-10-17(15-8-5-4-6-9-15)12-7-11-16(2,13-17)14-18/h4-6,8-9,14H,3,7,10-13H2,1-2H3. The maximum atomic E-state index is 5.30. The lowest BCUT2D eigenvalue weighted by atomic mass is 9.59. The van der Waals surface area contributed by atoms with Gasteiger partial charge in [0.25, 0.3) is 0 Å². The van der Waals surface area contributed by atoms with Crippen molar-refractivity contribution in [3.63, 3.8) is 0 Å². The first-order valence-corrected chi connectivity index (χ1v) is 7.63. The van der Waals surface area contributed by atoms with Crippen LogP contribution in [0.4, 0.5) is 0 Å². The SMILES string of the molecule is CCCC1(c2ccccc2)CCCC(C)(C=S)C1. The Kier molecular flexibility index (Phi) is 4.21. The maximum Gasteiger partial charge on any atom is -0.00334 e. The third-order valence-electron chi connectivity index (χ3n) is 4.54. The predicted octanol–water partition coefficient (Wildman–Crippen LogP) is 5.30. The normalized spacial score (nSPS) is 32.1. The molecule has 2 unspecified atom stereocenters. The van der Waals surface area contributed by atoms with Gasteiger partial charge in [0.2, 0.25) is 0 Å².